The molecule has 12 unspecified atom stereocenters. The minimum atomic E-state index is -1.63. The standard InChI is InChI=1S/C59H95N11O15/c1-11-15-16-17-37-27-47(75)62-45(31-72)55(81)63-40(14-4)59(85)70-30-39(74)28-46(70)56(82)64-41(22-23-71)52(78)66-44(26-36-18-20-38(73)21-19-36)53(79)65-43(25-33(7)8)54(80)68-50(35(10)13-3)58(84)69-49(34(9)12-2)57(83)67-42(24-32(5)6)51(77)60-29-48(76)61-37/h14,18-21,32-35,37,39,41-46,49-50,71-74H,11-13,15-17,22-31H2,1-10H3,(H,60,77)(H,61,76)(H,62,75)(H,63,81)(H,64,82)(H,65,79)(H,66,78)(H,67,83)(H,68,80)(H,69,84)/b40-14+. The number of rotatable bonds is 17. The van der Waals surface area contributed by atoms with Crippen molar-refractivity contribution in [1.82, 2.24) is 58.1 Å². The van der Waals surface area contributed by atoms with E-state index in [-0.39, 0.29) is 49.7 Å². The minimum Gasteiger partial charge on any atom is -0.508 e. The average molecular weight is 1200 g/mol. The molecule has 0 aliphatic carbocycles. The molecule has 0 saturated carbocycles. The van der Waals surface area contributed by atoms with Crippen molar-refractivity contribution in [2.24, 2.45) is 23.7 Å². The normalized spacial score (nSPS) is 27.0. The summed E-state index contributed by atoms with van der Waals surface area (Å²) in [5, 5.41) is 67.7. The van der Waals surface area contributed by atoms with Gasteiger partial charge < -0.3 is 78.5 Å². The number of hydrogen-bond donors (Lipinski definition) is 14. The first kappa shape index (κ1) is 72.1. The summed E-state index contributed by atoms with van der Waals surface area (Å²) in [5.74, 6) is -10.7. The first-order valence-electron chi connectivity index (χ1n) is 29.8. The van der Waals surface area contributed by atoms with Crippen LogP contribution in [0.15, 0.2) is 36.0 Å². The molecule has 3 rings (SSSR count). The number of phenolic OH excluding ortho intramolecular Hbond substituents is 1. The van der Waals surface area contributed by atoms with E-state index < -0.39 is 176 Å². The number of aromatic hydroxyl groups is 1. The molecular weight excluding hydrogens is 1100 g/mol. The van der Waals surface area contributed by atoms with Crippen LogP contribution < -0.4 is 53.2 Å². The van der Waals surface area contributed by atoms with Gasteiger partial charge in [0.1, 0.15) is 59.8 Å². The van der Waals surface area contributed by atoms with Gasteiger partial charge in [-0.2, -0.15) is 0 Å². The second-order valence-corrected chi connectivity index (χ2v) is 23.2. The number of benzene rings is 1. The molecule has 85 heavy (non-hydrogen) atoms. The third-order valence-corrected chi connectivity index (χ3v) is 15.2. The van der Waals surface area contributed by atoms with E-state index in [1.807, 2.05) is 20.8 Å². The summed E-state index contributed by atoms with van der Waals surface area (Å²) >= 11 is 0. The number of unbranched alkanes of at least 4 members (excludes halogenated alkanes) is 2. The molecule has 476 valence electrons. The van der Waals surface area contributed by atoms with Gasteiger partial charge >= 0.3 is 0 Å². The molecule has 26 nitrogen and oxygen atoms in total. The fourth-order valence-electron chi connectivity index (χ4n) is 9.87. The first-order chi connectivity index (χ1) is 40.2. The molecule has 2 fully saturated rings. The van der Waals surface area contributed by atoms with Crippen LogP contribution >= 0.6 is 0 Å². The van der Waals surface area contributed by atoms with Crippen LogP contribution in [0.4, 0.5) is 0 Å². The van der Waals surface area contributed by atoms with E-state index >= 15 is 0 Å². The lowest BCUT2D eigenvalue weighted by Gasteiger charge is -2.31. The summed E-state index contributed by atoms with van der Waals surface area (Å²) in [5.41, 5.74) is 0.0343. The quantitative estimate of drug-likeness (QED) is 0.0688. The van der Waals surface area contributed by atoms with E-state index in [1.165, 1.54) is 37.3 Å². The largest absolute Gasteiger partial charge is 0.508 e. The summed E-state index contributed by atoms with van der Waals surface area (Å²) in [6, 6.07) is -6.26. The Morgan fingerprint density at radius 2 is 1.12 bits per heavy atom. The Morgan fingerprint density at radius 1 is 0.588 bits per heavy atom. The Morgan fingerprint density at radius 3 is 1.67 bits per heavy atom. The second kappa shape index (κ2) is 36.0. The molecule has 0 spiro atoms. The number of nitrogens with one attached hydrogen (secondary N) is 10. The maximum Gasteiger partial charge on any atom is 0.270 e. The topological polar surface area (TPSA) is 392 Å². The molecule has 12 atom stereocenters. The van der Waals surface area contributed by atoms with Gasteiger partial charge in [0.25, 0.3) is 5.91 Å². The van der Waals surface area contributed by atoms with E-state index in [9.17, 15) is 73.2 Å². The van der Waals surface area contributed by atoms with Crippen LogP contribution in [0.1, 0.15) is 145 Å². The van der Waals surface area contributed by atoms with E-state index in [0.29, 0.717) is 31.2 Å². The molecule has 0 aromatic heterocycles. The van der Waals surface area contributed by atoms with Gasteiger partial charge in [-0.25, -0.2) is 0 Å². The fourth-order valence-corrected chi connectivity index (χ4v) is 9.87. The Balaban J connectivity index is 2.17. The zero-order valence-electron chi connectivity index (χ0n) is 51.0. The van der Waals surface area contributed by atoms with Gasteiger partial charge in [-0.15, -0.1) is 0 Å². The van der Waals surface area contributed by atoms with Crippen molar-refractivity contribution in [1.29, 1.82) is 0 Å². The predicted octanol–water partition coefficient (Wildman–Crippen LogP) is -0.546. The first-order valence-corrected chi connectivity index (χ1v) is 29.8. The van der Waals surface area contributed by atoms with Gasteiger partial charge in [0.2, 0.25) is 59.1 Å². The number of phenols is 1. The Bertz CT molecular complexity index is 2480. The summed E-state index contributed by atoms with van der Waals surface area (Å²) in [6.07, 6.45) is 1.95. The van der Waals surface area contributed by atoms with Gasteiger partial charge in [0.05, 0.1) is 19.3 Å². The average Bonchev–Trinajstić information content (AvgIpc) is 3.89. The summed E-state index contributed by atoms with van der Waals surface area (Å²) in [4.78, 5) is 156. The Kier molecular flexibility index (Phi) is 30.5. The molecule has 2 heterocycles. The third kappa shape index (κ3) is 23.3. The Labute approximate surface area is 498 Å². The second-order valence-electron chi connectivity index (χ2n) is 23.2. The summed E-state index contributed by atoms with van der Waals surface area (Å²) in [7, 11) is 0. The molecular formula is C59H95N11O15. The lowest BCUT2D eigenvalue weighted by Crippen LogP contribution is -2.62. The molecule has 1 aromatic carbocycles. The van der Waals surface area contributed by atoms with Crippen LogP contribution in [0.5, 0.6) is 5.75 Å². The highest BCUT2D eigenvalue weighted by Gasteiger charge is 2.42. The van der Waals surface area contributed by atoms with Crippen molar-refractivity contribution >= 4 is 65.0 Å². The number of aliphatic hydroxyl groups excluding tert-OH is 3. The summed E-state index contributed by atoms with van der Waals surface area (Å²) in [6.45, 7) is 15.1. The van der Waals surface area contributed by atoms with Crippen LogP contribution in [-0.2, 0) is 59.2 Å². The van der Waals surface area contributed by atoms with Crippen LogP contribution in [-0.4, -0.2) is 177 Å². The number of allylic oxidation sites excluding steroid dienone is 1. The van der Waals surface area contributed by atoms with Crippen molar-refractivity contribution in [3.05, 3.63) is 41.6 Å². The van der Waals surface area contributed by atoms with Crippen molar-refractivity contribution in [3.63, 3.8) is 0 Å². The number of amides is 11. The molecule has 1 aromatic rings. The number of fused-ring (bicyclic) bond motifs is 1. The maximum absolute atomic E-state index is 14.6. The minimum absolute atomic E-state index is 0.0353. The molecule has 2 aliphatic heterocycles. The smallest absolute Gasteiger partial charge is 0.270 e. The van der Waals surface area contributed by atoms with E-state index in [0.717, 1.165) is 17.7 Å². The van der Waals surface area contributed by atoms with E-state index in [4.69, 9.17) is 0 Å². The van der Waals surface area contributed by atoms with Gasteiger partial charge in [-0.05, 0) is 74.0 Å². The van der Waals surface area contributed by atoms with Crippen LogP contribution in [0.25, 0.3) is 0 Å². The van der Waals surface area contributed by atoms with Crippen LogP contribution in [0.2, 0.25) is 0 Å². The highest BCUT2D eigenvalue weighted by atomic mass is 16.3. The van der Waals surface area contributed by atoms with Gasteiger partial charge in [0, 0.05) is 38.5 Å². The monoisotopic (exact) mass is 1200 g/mol. The van der Waals surface area contributed by atoms with Crippen LogP contribution in [0.3, 0.4) is 0 Å². The molecule has 2 saturated heterocycles. The molecule has 14 N–H and O–H groups in total. The SMILES string of the molecule is C/C=C1/NC(=O)C(CO)NC(=O)CC(CCCCC)NC(=O)CNC(=O)C(CC(C)C)NC(=O)C(C(C)CC)NC(=O)C(C(C)CC)NC(=O)C(CC(C)C)NC(=O)C(Cc2ccc(O)cc2)NC(=O)C(CCO)NC(=O)C2CC(O)CN2C1=O. The number of nitrogens with zero attached hydrogens (tertiary/aromatic N) is 1. The van der Waals surface area contributed by atoms with E-state index in [1.54, 1.807) is 41.5 Å². The van der Waals surface area contributed by atoms with Crippen molar-refractivity contribution in [2.75, 3.05) is 26.3 Å². The van der Waals surface area contributed by atoms with Gasteiger partial charge in [-0.3, -0.25) is 52.7 Å². The van der Waals surface area contributed by atoms with Crippen molar-refractivity contribution in [2.45, 2.75) is 207 Å². The Hall–Kier alpha value is -7.19. The fraction of sp³-hybridized carbons (Fsp3) is 0.678. The summed E-state index contributed by atoms with van der Waals surface area (Å²) < 4.78 is 0. The maximum atomic E-state index is 14.6. The molecule has 26 heteroatoms. The molecule has 2 aliphatic rings. The third-order valence-electron chi connectivity index (χ3n) is 15.2. The van der Waals surface area contributed by atoms with Crippen LogP contribution in [0, 0.1) is 23.7 Å². The van der Waals surface area contributed by atoms with Gasteiger partial charge in [0.15, 0.2) is 0 Å². The van der Waals surface area contributed by atoms with Gasteiger partial charge in [-0.1, -0.05) is 113 Å². The lowest BCUT2D eigenvalue weighted by molar-refractivity contribution is -0.139. The van der Waals surface area contributed by atoms with E-state index in [2.05, 4.69) is 53.2 Å². The zero-order chi connectivity index (χ0) is 63.7. The number of carbonyl (C=O) groups excluding carboxylic acids is 11. The highest BCUT2D eigenvalue weighted by molar-refractivity contribution is 6.02. The number of hydrogen-bond acceptors (Lipinski definition) is 15. The van der Waals surface area contributed by atoms with Crippen molar-refractivity contribution < 1.29 is 73.2 Å². The highest BCUT2D eigenvalue weighted by Crippen LogP contribution is 2.22. The van der Waals surface area contributed by atoms with Crippen molar-refractivity contribution in [3.8, 4) is 5.75 Å². The zero-order valence-corrected chi connectivity index (χ0v) is 51.0. The molecule has 11 amide bonds. The number of carbonyl (C=O) groups is 11. The number of aliphatic hydroxyl groups is 3. The predicted molar refractivity (Wildman–Crippen MR) is 314 cm³/mol. The lowest BCUT2D eigenvalue weighted by atomic mass is 9.93. The molecule has 0 radical (unpaired) electrons. The molecule has 0 bridgehead atoms.